The lowest BCUT2D eigenvalue weighted by atomic mass is 10.1. The molecule has 1 amide bonds. The molecule has 6 nitrogen and oxygen atoms in total. The number of carbonyl (C=O) groups is 1. The molecule has 2 aliphatic rings. The van der Waals surface area contributed by atoms with Crippen LogP contribution < -0.4 is 15.4 Å². The number of nitrogens with two attached hydrogens (primary N) is 1. The summed E-state index contributed by atoms with van der Waals surface area (Å²) >= 11 is 1.44. The zero-order valence-corrected chi connectivity index (χ0v) is 17.3. The minimum absolute atomic E-state index is 0.0278. The van der Waals surface area contributed by atoms with Gasteiger partial charge in [0.15, 0.2) is 0 Å². The highest BCUT2D eigenvalue weighted by molar-refractivity contribution is 7.21. The maximum atomic E-state index is 13.2. The summed E-state index contributed by atoms with van der Waals surface area (Å²) in [6.45, 7) is 2.97. The van der Waals surface area contributed by atoms with Gasteiger partial charge in [0.05, 0.1) is 12.8 Å². The van der Waals surface area contributed by atoms with Crippen molar-refractivity contribution in [1.29, 1.82) is 0 Å². The highest BCUT2D eigenvalue weighted by Crippen LogP contribution is 2.36. The van der Waals surface area contributed by atoms with E-state index in [1.807, 2.05) is 17.0 Å². The molecule has 2 N–H and O–H groups in total. The molecule has 1 aliphatic heterocycles. The van der Waals surface area contributed by atoms with Crippen molar-refractivity contribution in [3.8, 4) is 5.75 Å². The number of fused-ring (bicyclic) bond motifs is 2. The summed E-state index contributed by atoms with van der Waals surface area (Å²) in [5, 5.41) is 0.941. The molecular formula is C22H24N4O2S. The number of rotatable bonds is 3. The van der Waals surface area contributed by atoms with E-state index in [4.69, 9.17) is 15.5 Å². The molecule has 1 aliphatic carbocycles. The number of benzene rings is 1. The maximum absolute atomic E-state index is 13.2. The Morgan fingerprint density at radius 1 is 1.14 bits per heavy atom. The van der Waals surface area contributed by atoms with Crippen LogP contribution in [0.4, 0.5) is 11.4 Å². The Labute approximate surface area is 173 Å². The first-order chi connectivity index (χ1) is 14.1. The number of aromatic nitrogens is 1. The fourth-order valence-electron chi connectivity index (χ4n) is 4.26. The number of ether oxygens (including phenoxy) is 1. The van der Waals surface area contributed by atoms with Gasteiger partial charge < -0.3 is 20.3 Å². The predicted octanol–water partition coefficient (Wildman–Crippen LogP) is 3.34. The summed E-state index contributed by atoms with van der Waals surface area (Å²) in [4.78, 5) is 23.7. The second-order valence-corrected chi connectivity index (χ2v) is 8.62. The Hall–Kier alpha value is -2.80. The van der Waals surface area contributed by atoms with E-state index in [1.165, 1.54) is 22.6 Å². The summed E-state index contributed by atoms with van der Waals surface area (Å²) in [5.41, 5.74) is 10.6. The first-order valence-corrected chi connectivity index (χ1v) is 10.8. The Morgan fingerprint density at radius 2 is 1.90 bits per heavy atom. The number of hydrogen-bond acceptors (Lipinski definition) is 6. The molecule has 2 aromatic heterocycles. The van der Waals surface area contributed by atoms with Crippen molar-refractivity contribution in [2.24, 2.45) is 0 Å². The second kappa shape index (κ2) is 7.22. The van der Waals surface area contributed by atoms with E-state index < -0.39 is 0 Å². The second-order valence-electron chi connectivity index (χ2n) is 7.62. The lowest BCUT2D eigenvalue weighted by Gasteiger charge is -2.36. The maximum Gasteiger partial charge on any atom is 0.266 e. The van der Waals surface area contributed by atoms with Crippen LogP contribution in [0, 0.1) is 0 Å². The van der Waals surface area contributed by atoms with Crippen LogP contribution in [-0.2, 0) is 12.8 Å². The summed E-state index contributed by atoms with van der Waals surface area (Å²) in [7, 11) is 1.67. The lowest BCUT2D eigenvalue weighted by molar-refractivity contribution is 0.0752. The number of aryl methyl sites for hydroxylation is 2. The summed E-state index contributed by atoms with van der Waals surface area (Å²) in [6.07, 6.45) is 3.24. The molecule has 29 heavy (non-hydrogen) atoms. The minimum atomic E-state index is 0.0278. The zero-order chi connectivity index (χ0) is 20.0. The average molecular weight is 409 g/mol. The third-order valence-corrected chi connectivity index (χ3v) is 7.05. The molecule has 0 bridgehead atoms. The number of piperazine rings is 1. The largest absolute Gasteiger partial charge is 0.497 e. The quantitative estimate of drug-likeness (QED) is 0.720. The van der Waals surface area contributed by atoms with Gasteiger partial charge in [0.1, 0.15) is 15.5 Å². The molecule has 0 unspecified atom stereocenters. The van der Waals surface area contributed by atoms with Gasteiger partial charge in [-0.3, -0.25) is 4.79 Å². The van der Waals surface area contributed by atoms with Crippen molar-refractivity contribution in [3.05, 3.63) is 46.5 Å². The van der Waals surface area contributed by atoms with Crippen molar-refractivity contribution in [1.82, 2.24) is 9.88 Å². The van der Waals surface area contributed by atoms with Gasteiger partial charge in [-0.15, -0.1) is 11.3 Å². The zero-order valence-electron chi connectivity index (χ0n) is 16.5. The molecule has 0 radical (unpaired) electrons. The van der Waals surface area contributed by atoms with Gasteiger partial charge >= 0.3 is 0 Å². The number of methoxy groups -OCH3 is 1. The standard InChI is InChI=1S/C22H24N4O2S/c1-28-16-7-5-15(6-8-16)25-9-11-26(12-10-25)22(27)20-19(23)17-13-14-3-2-4-18(14)24-21(17)29-20/h5-8,13H,2-4,9-12,23H2,1H3. The monoisotopic (exact) mass is 408 g/mol. The molecule has 1 saturated heterocycles. The van der Waals surface area contributed by atoms with E-state index in [9.17, 15) is 4.79 Å². The number of carbonyl (C=O) groups excluding carboxylic acids is 1. The number of amides is 1. The third-order valence-electron chi connectivity index (χ3n) is 5.95. The summed E-state index contributed by atoms with van der Waals surface area (Å²) in [5.74, 6) is 0.877. The molecule has 1 fully saturated rings. The molecule has 0 spiro atoms. The molecule has 1 aromatic carbocycles. The number of nitrogens with zero attached hydrogens (tertiary/aromatic N) is 3. The molecule has 7 heteroatoms. The Morgan fingerprint density at radius 3 is 2.62 bits per heavy atom. The van der Waals surface area contributed by atoms with Crippen molar-refractivity contribution in [2.45, 2.75) is 19.3 Å². The Bertz CT molecular complexity index is 1070. The molecule has 0 atom stereocenters. The minimum Gasteiger partial charge on any atom is -0.497 e. The van der Waals surface area contributed by atoms with E-state index in [2.05, 4.69) is 23.1 Å². The van der Waals surface area contributed by atoms with Crippen LogP contribution in [0.1, 0.15) is 27.3 Å². The van der Waals surface area contributed by atoms with Crippen molar-refractivity contribution >= 4 is 38.8 Å². The van der Waals surface area contributed by atoms with Crippen LogP contribution in [0.2, 0.25) is 0 Å². The number of anilines is 2. The van der Waals surface area contributed by atoms with E-state index >= 15 is 0 Å². The van der Waals surface area contributed by atoms with E-state index in [-0.39, 0.29) is 5.91 Å². The van der Waals surface area contributed by atoms with Crippen molar-refractivity contribution in [2.75, 3.05) is 43.9 Å². The predicted molar refractivity (Wildman–Crippen MR) is 117 cm³/mol. The van der Waals surface area contributed by atoms with Gasteiger partial charge in [0.25, 0.3) is 5.91 Å². The Kier molecular flexibility index (Phi) is 4.54. The molecule has 5 rings (SSSR count). The van der Waals surface area contributed by atoms with Crippen LogP contribution in [0.15, 0.2) is 30.3 Å². The fraction of sp³-hybridized carbons (Fsp3) is 0.364. The number of thiophene rings is 1. The average Bonchev–Trinajstić information content (AvgIpc) is 3.36. The number of nitrogen functional groups attached to an aromatic ring is 1. The first-order valence-electron chi connectivity index (χ1n) is 10.0. The van der Waals surface area contributed by atoms with Gasteiger partial charge in [-0.05, 0) is 55.2 Å². The summed E-state index contributed by atoms with van der Waals surface area (Å²) < 4.78 is 5.23. The number of pyridine rings is 1. The first kappa shape index (κ1) is 18.2. The smallest absolute Gasteiger partial charge is 0.266 e. The Balaban J connectivity index is 1.32. The molecular weight excluding hydrogens is 384 g/mol. The lowest BCUT2D eigenvalue weighted by Crippen LogP contribution is -2.48. The van der Waals surface area contributed by atoms with Crippen LogP contribution >= 0.6 is 11.3 Å². The van der Waals surface area contributed by atoms with Crippen molar-refractivity contribution < 1.29 is 9.53 Å². The SMILES string of the molecule is COc1ccc(N2CCN(C(=O)c3sc4nc5c(cc4c3N)CCC5)CC2)cc1. The highest BCUT2D eigenvalue weighted by atomic mass is 32.1. The highest BCUT2D eigenvalue weighted by Gasteiger charge is 2.27. The molecule has 3 heterocycles. The third kappa shape index (κ3) is 3.19. The van der Waals surface area contributed by atoms with Crippen LogP contribution in [-0.4, -0.2) is 49.1 Å². The van der Waals surface area contributed by atoms with Gasteiger partial charge in [-0.25, -0.2) is 4.98 Å². The summed E-state index contributed by atoms with van der Waals surface area (Å²) in [6, 6.07) is 10.2. The van der Waals surface area contributed by atoms with Gasteiger partial charge in [0.2, 0.25) is 0 Å². The molecule has 0 saturated carbocycles. The van der Waals surface area contributed by atoms with E-state index in [0.717, 1.165) is 54.0 Å². The van der Waals surface area contributed by atoms with Crippen LogP contribution in [0.5, 0.6) is 5.75 Å². The van der Waals surface area contributed by atoms with Crippen LogP contribution in [0.3, 0.4) is 0 Å². The topological polar surface area (TPSA) is 71.7 Å². The van der Waals surface area contributed by atoms with Crippen molar-refractivity contribution in [3.63, 3.8) is 0 Å². The van der Waals surface area contributed by atoms with E-state index in [0.29, 0.717) is 23.7 Å². The molecule has 150 valence electrons. The van der Waals surface area contributed by atoms with Gasteiger partial charge in [-0.1, -0.05) is 0 Å². The van der Waals surface area contributed by atoms with Gasteiger partial charge in [-0.2, -0.15) is 0 Å². The fourth-order valence-corrected chi connectivity index (χ4v) is 5.33. The molecule has 3 aromatic rings. The number of hydrogen-bond donors (Lipinski definition) is 1. The van der Waals surface area contributed by atoms with E-state index in [1.54, 1.807) is 7.11 Å². The normalized spacial score (nSPS) is 16.3. The van der Waals surface area contributed by atoms with Gasteiger partial charge in [0, 0.05) is 42.9 Å². The van der Waals surface area contributed by atoms with Crippen LogP contribution in [0.25, 0.3) is 10.2 Å².